The number of carbonyl (C=O) groups is 2. The molecule has 6 nitrogen and oxygen atoms in total. The first-order chi connectivity index (χ1) is 15.6. The quantitative estimate of drug-likeness (QED) is 0.577. The highest BCUT2D eigenvalue weighted by Crippen LogP contribution is 2.30. The van der Waals surface area contributed by atoms with Gasteiger partial charge in [0, 0.05) is 29.0 Å². The fraction of sp³-hybridized carbons (Fsp3) is 0.231. The molecule has 1 aliphatic rings. The van der Waals surface area contributed by atoms with Gasteiger partial charge in [-0.2, -0.15) is 0 Å². The standard InChI is InChI=1S/C26H26N2O4/c1-3-31-23-14-11-20(17-24(23)32-4-2)25(29)27-21-12-9-19(10-13-21)26(30)28-16-15-18-7-5-6-8-22(18)28/h5-14,17H,3-4,15-16H2,1-2H3,(H,27,29). The highest BCUT2D eigenvalue weighted by Gasteiger charge is 2.25. The molecule has 1 N–H and O–H groups in total. The molecule has 1 aliphatic heterocycles. The third-order valence-corrected chi connectivity index (χ3v) is 5.33. The van der Waals surface area contributed by atoms with Gasteiger partial charge in [0.15, 0.2) is 11.5 Å². The lowest BCUT2D eigenvalue weighted by atomic mass is 10.1. The second-order valence-corrected chi connectivity index (χ2v) is 7.39. The van der Waals surface area contributed by atoms with Crippen molar-refractivity contribution in [2.75, 3.05) is 30.0 Å². The predicted octanol–water partition coefficient (Wildman–Crippen LogP) is 4.94. The molecule has 0 saturated carbocycles. The maximum Gasteiger partial charge on any atom is 0.258 e. The van der Waals surface area contributed by atoms with Crippen molar-refractivity contribution < 1.29 is 19.1 Å². The van der Waals surface area contributed by atoms with Crippen LogP contribution in [-0.2, 0) is 6.42 Å². The minimum absolute atomic E-state index is 0.0410. The van der Waals surface area contributed by atoms with E-state index in [-0.39, 0.29) is 11.8 Å². The molecule has 0 atom stereocenters. The molecule has 164 valence electrons. The molecule has 3 aromatic rings. The Morgan fingerprint density at radius 1 is 0.875 bits per heavy atom. The summed E-state index contributed by atoms with van der Waals surface area (Å²) in [7, 11) is 0. The Kier molecular flexibility index (Phi) is 6.40. The van der Waals surface area contributed by atoms with Crippen molar-refractivity contribution in [1.29, 1.82) is 0 Å². The average Bonchev–Trinajstić information content (AvgIpc) is 3.25. The lowest BCUT2D eigenvalue weighted by Crippen LogP contribution is -2.28. The molecule has 0 radical (unpaired) electrons. The number of rotatable bonds is 7. The van der Waals surface area contributed by atoms with E-state index in [0.29, 0.717) is 48.1 Å². The molecule has 0 aromatic heterocycles. The fourth-order valence-electron chi connectivity index (χ4n) is 3.80. The smallest absolute Gasteiger partial charge is 0.258 e. The molecule has 0 fully saturated rings. The van der Waals surface area contributed by atoms with Gasteiger partial charge in [0.1, 0.15) is 0 Å². The average molecular weight is 431 g/mol. The van der Waals surface area contributed by atoms with E-state index in [1.807, 2.05) is 32.0 Å². The normalized spacial score (nSPS) is 12.2. The van der Waals surface area contributed by atoms with Crippen LogP contribution in [0.25, 0.3) is 0 Å². The van der Waals surface area contributed by atoms with Crippen LogP contribution in [0.5, 0.6) is 11.5 Å². The molecular formula is C26H26N2O4. The van der Waals surface area contributed by atoms with Crippen molar-refractivity contribution >= 4 is 23.2 Å². The van der Waals surface area contributed by atoms with Crippen LogP contribution in [0.4, 0.5) is 11.4 Å². The summed E-state index contributed by atoms with van der Waals surface area (Å²) >= 11 is 0. The zero-order chi connectivity index (χ0) is 22.5. The molecule has 2 amide bonds. The molecular weight excluding hydrogens is 404 g/mol. The van der Waals surface area contributed by atoms with Gasteiger partial charge in [-0.3, -0.25) is 9.59 Å². The number of anilines is 2. The van der Waals surface area contributed by atoms with Crippen molar-refractivity contribution in [3.63, 3.8) is 0 Å². The van der Waals surface area contributed by atoms with Crippen molar-refractivity contribution in [2.45, 2.75) is 20.3 Å². The number of carbonyl (C=O) groups excluding carboxylic acids is 2. The maximum absolute atomic E-state index is 13.0. The van der Waals surface area contributed by atoms with Crippen LogP contribution in [0.2, 0.25) is 0 Å². The van der Waals surface area contributed by atoms with E-state index in [4.69, 9.17) is 9.47 Å². The van der Waals surface area contributed by atoms with E-state index in [2.05, 4.69) is 11.4 Å². The van der Waals surface area contributed by atoms with Crippen molar-refractivity contribution in [3.05, 3.63) is 83.4 Å². The summed E-state index contributed by atoms with van der Waals surface area (Å²) < 4.78 is 11.1. The zero-order valence-corrected chi connectivity index (χ0v) is 18.3. The molecule has 0 aliphatic carbocycles. The van der Waals surface area contributed by atoms with Crippen LogP contribution >= 0.6 is 0 Å². The van der Waals surface area contributed by atoms with Crippen LogP contribution in [0, 0.1) is 0 Å². The lowest BCUT2D eigenvalue weighted by Gasteiger charge is -2.17. The lowest BCUT2D eigenvalue weighted by molar-refractivity contribution is 0.0988. The number of amides is 2. The van der Waals surface area contributed by atoms with Crippen LogP contribution < -0.4 is 19.7 Å². The van der Waals surface area contributed by atoms with Crippen molar-refractivity contribution in [3.8, 4) is 11.5 Å². The van der Waals surface area contributed by atoms with Gasteiger partial charge < -0.3 is 19.7 Å². The third kappa shape index (κ3) is 4.44. The first-order valence-corrected chi connectivity index (χ1v) is 10.8. The van der Waals surface area contributed by atoms with E-state index in [1.54, 1.807) is 47.4 Å². The van der Waals surface area contributed by atoms with E-state index in [9.17, 15) is 9.59 Å². The number of nitrogens with one attached hydrogen (secondary N) is 1. The first kappa shape index (κ1) is 21.4. The minimum Gasteiger partial charge on any atom is -0.490 e. The van der Waals surface area contributed by atoms with E-state index in [0.717, 1.165) is 12.1 Å². The van der Waals surface area contributed by atoms with Gasteiger partial charge in [0.25, 0.3) is 11.8 Å². The van der Waals surface area contributed by atoms with Crippen molar-refractivity contribution in [1.82, 2.24) is 0 Å². The summed E-state index contributed by atoms with van der Waals surface area (Å²) in [6, 6.07) is 20.0. The fourth-order valence-corrected chi connectivity index (χ4v) is 3.80. The van der Waals surface area contributed by atoms with Gasteiger partial charge in [-0.1, -0.05) is 18.2 Å². The Hall–Kier alpha value is -3.80. The number of benzene rings is 3. The molecule has 1 heterocycles. The SMILES string of the molecule is CCOc1ccc(C(=O)Nc2ccc(C(=O)N3CCc4ccccc43)cc2)cc1OCC. The monoisotopic (exact) mass is 430 g/mol. The molecule has 0 bridgehead atoms. The largest absolute Gasteiger partial charge is 0.490 e. The summed E-state index contributed by atoms with van der Waals surface area (Å²) in [6.45, 7) is 5.44. The topological polar surface area (TPSA) is 67.9 Å². The number of para-hydroxylation sites is 1. The summed E-state index contributed by atoms with van der Waals surface area (Å²) in [4.78, 5) is 27.5. The van der Waals surface area contributed by atoms with E-state index >= 15 is 0 Å². The Morgan fingerprint density at radius 2 is 1.56 bits per heavy atom. The van der Waals surface area contributed by atoms with Gasteiger partial charge in [0.2, 0.25) is 0 Å². The number of fused-ring (bicyclic) bond motifs is 1. The summed E-state index contributed by atoms with van der Waals surface area (Å²) in [5, 5.41) is 2.87. The first-order valence-electron chi connectivity index (χ1n) is 10.8. The molecule has 4 rings (SSSR count). The number of ether oxygens (including phenoxy) is 2. The Labute approximate surface area is 187 Å². The molecule has 0 saturated heterocycles. The molecule has 3 aromatic carbocycles. The molecule has 0 unspecified atom stereocenters. The maximum atomic E-state index is 13.0. The van der Waals surface area contributed by atoms with Crippen LogP contribution in [-0.4, -0.2) is 31.6 Å². The van der Waals surface area contributed by atoms with Gasteiger partial charge in [0.05, 0.1) is 13.2 Å². The molecule has 0 spiro atoms. The number of nitrogens with zero attached hydrogens (tertiary/aromatic N) is 1. The third-order valence-electron chi connectivity index (χ3n) is 5.33. The summed E-state index contributed by atoms with van der Waals surface area (Å²) in [6.07, 6.45) is 0.863. The summed E-state index contributed by atoms with van der Waals surface area (Å²) in [5.41, 5.74) is 3.81. The second-order valence-electron chi connectivity index (χ2n) is 7.39. The molecule has 32 heavy (non-hydrogen) atoms. The summed E-state index contributed by atoms with van der Waals surface area (Å²) in [5.74, 6) is 0.841. The Bertz CT molecular complexity index is 1120. The van der Waals surface area contributed by atoms with Gasteiger partial charge >= 0.3 is 0 Å². The Morgan fingerprint density at radius 3 is 2.31 bits per heavy atom. The van der Waals surface area contributed by atoms with Crippen molar-refractivity contribution in [2.24, 2.45) is 0 Å². The van der Waals surface area contributed by atoms with Gasteiger partial charge in [-0.25, -0.2) is 0 Å². The zero-order valence-electron chi connectivity index (χ0n) is 18.3. The van der Waals surface area contributed by atoms with E-state index in [1.165, 1.54) is 5.56 Å². The highest BCUT2D eigenvalue weighted by molar-refractivity contribution is 6.08. The number of hydrogen-bond acceptors (Lipinski definition) is 4. The van der Waals surface area contributed by atoms with E-state index < -0.39 is 0 Å². The van der Waals surface area contributed by atoms with Crippen LogP contribution in [0.1, 0.15) is 40.1 Å². The van der Waals surface area contributed by atoms with Gasteiger partial charge in [-0.05, 0) is 74.4 Å². The Balaban J connectivity index is 1.45. The van der Waals surface area contributed by atoms with Gasteiger partial charge in [-0.15, -0.1) is 0 Å². The number of hydrogen-bond donors (Lipinski definition) is 1. The predicted molar refractivity (Wildman–Crippen MR) is 125 cm³/mol. The molecule has 6 heteroatoms. The highest BCUT2D eigenvalue weighted by atomic mass is 16.5. The minimum atomic E-state index is -0.262. The van der Waals surface area contributed by atoms with Crippen LogP contribution in [0.3, 0.4) is 0 Å². The van der Waals surface area contributed by atoms with Crippen LogP contribution in [0.15, 0.2) is 66.7 Å². The second kappa shape index (κ2) is 9.56.